The minimum atomic E-state index is -0.491. The van der Waals surface area contributed by atoms with Crippen molar-refractivity contribution in [2.75, 3.05) is 13.7 Å². The number of aldehydes is 1. The third-order valence-electron chi connectivity index (χ3n) is 2.14. The van der Waals surface area contributed by atoms with Gasteiger partial charge in [0, 0.05) is 5.56 Å². The van der Waals surface area contributed by atoms with E-state index in [0.717, 1.165) is 11.8 Å². The van der Waals surface area contributed by atoms with Gasteiger partial charge in [0.25, 0.3) is 0 Å². The number of nitrogens with one attached hydrogen (secondary N) is 1. The molecule has 0 fully saturated rings. The summed E-state index contributed by atoms with van der Waals surface area (Å²) in [7, 11) is 1.26. The molecule has 0 radical (unpaired) electrons. The zero-order chi connectivity index (χ0) is 12.7. The van der Waals surface area contributed by atoms with Gasteiger partial charge >= 0.3 is 5.97 Å². The summed E-state index contributed by atoms with van der Waals surface area (Å²) in [6, 6.07) is 6.66. The van der Waals surface area contributed by atoms with Gasteiger partial charge in [-0.3, -0.25) is 14.4 Å². The van der Waals surface area contributed by atoms with Crippen LogP contribution in [0.5, 0.6) is 0 Å². The molecule has 0 aromatic heterocycles. The molecule has 1 aromatic rings. The van der Waals surface area contributed by atoms with E-state index >= 15 is 0 Å². The highest BCUT2D eigenvalue weighted by molar-refractivity contribution is 5.83. The van der Waals surface area contributed by atoms with Crippen LogP contribution in [0.3, 0.4) is 0 Å². The summed E-state index contributed by atoms with van der Waals surface area (Å²) in [6.07, 6.45) is 0.900. The maximum atomic E-state index is 11.4. The molecular weight excluding hydrogens is 222 g/mol. The second-order valence-corrected chi connectivity index (χ2v) is 3.39. The third-order valence-corrected chi connectivity index (χ3v) is 2.14. The second-order valence-electron chi connectivity index (χ2n) is 3.39. The van der Waals surface area contributed by atoms with Crippen LogP contribution in [-0.4, -0.2) is 31.8 Å². The number of hydrogen-bond donors (Lipinski definition) is 1. The first-order valence-corrected chi connectivity index (χ1v) is 5.03. The molecule has 0 atom stereocenters. The molecular formula is C12H13NO4. The average molecular weight is 235 g/mol. The third kappa shape index (κ3) is 4.46. The van der Waals surface area contributed by atoms with Crippen LogP contribution in [0.15, 0.2) is 24.3 Å². The van der Waals surface area contributed by atoms with Crippen molar-refractivity contribution in [3.05, 3.63) is 35.4 Å². The fourth-order valence-electron chi connectivity index (χ4n) is 1.20. The lowest BCUT2D eigenvalue weighted by Crippen LogP contribution is -2.31. The smallest absolute Gasteiger partial charge is 0.325 e. The van der Waals surface area contributed by atoms with Crippen molar-refractivity contribution >= 4 is 18.2 Å². The lowest BCUT2D eigenvalue weighted by Gasteiger charge is -2.04. The van der Waals surface area contributed by atoms with E-state index in [1.54, 1.807) is 24.3 Å². The van der Waals surface area contributed by atoms with Crippen LogP contribution in [0, 0.1) is 0 Å². The Bertz CT molecular complexity index is 411. The monoisotopic (exact) mass is 235 g/mol. The largest absolute Gasteiger partial charge is 0.468 e. The highest BCUT2D eigenvalue weighted by Gasteiger charge is 2.06. The van der Waals surface area contributed by atoms with E-state index in [1.165, 1.54) is 7.11 Å². The van der Waals surface area contributed by atoms with Gasteiger partial charge in [-0.1, -0.05) is 24.3 Å². The highest BCUT2D eigenvalue weighted by Crippen LogP contribution is 2.03. The number of carbonyl (C=O) groups is 3. The zero-order valence-electron chi connectivity index (χ0n) is 9.43. The quantitative estimate of drug-likeness (QED) is 0.589. The van der Waals surface area contributed by atoms with E-state index in [9.17, 15) is 14.4 Å². The van der Waals surface area contributed by atoms with Gasteiger partial charge in [-0.15, -0.1) is 0 Å². The van der Waals surface area contributed by atoms with Gasteiger partial charge in [-0.05, 0) is 5.56 Å². The van der Waals surface area contributed by atoms with Crippen LogP contribution >= 0.6 is 0 Å². The summed E-state index contributed by atoms with van der Waals surface area (Å²) in [4.78, 5) is 32.6. The van der Waals surface area contributed by atoms with Gasteiger partial charge in [0.15, 0.2) is 0 Å². The Morgan fingerprint density at radius 2 is 1.94 bits per heavy atom. The number of hydrogen-bond acceptors (Lipinski definition) is 4. The summed E-state index contributed by atoms with van der Waals surface area (Å²) in [5.74, 6) is -0.760. The molecule has 0 bridgehead atoms. The predicted molar refractivity (Wildman–Crippen MR) is 60.6 cm³/mol. The number of benzene rings is 1. The molecule has 1 amide bonds. The van der Waals surface area contributed by atoms with E-state index in [0.29, 0.717) is 5.56 Å². The molecule has 1 rings (SSSR count). The van der Waals surface area contributed by atoms with E-state index in [1.807, 2.05) is 0 Å². The molecule has 0 aliphatic heterocycles. The molecule has 0 heterocycles. The summed E-state index contributed by atoms with van der Waals surface area (Å²) in [5, 5.41) is 2.43. The topological polar surface area (TPSA) is 72.5 Å². The summed E-state index contributed by atoms with van der Waals surface area (Å²) >= 11 is 0. The van der Waals surface area contributed by atoms with E-state index in [2.05, 4.69) is 10.1 Å². The first kappa shape index (κ1) is 12.9. The van der Waals surface area contributed by atoms with E-state index in [-0.39, 0.29) is 18.9 Å². The SMILES string of the molecule is COC(=O)CNC(=O)Cc1ccc(C=O)cc1. The van der Waals surface area contributed by atoms with Crippen LogP contribution in [0.1, 0.15) is 15.9 Å². The Morgan fingerprint density at radius 3 is 2.47 bits per heavy atom. The number of methoxy groups -OCH3 is 1. The van der Waals surface area contributed by atoms with E-state index < -0.39 is 5.97 Å². The Morgan fingerprint density at radius 1 is 1.29 bits per heavy atom. The maximum Gasteiger partial charge on any atom is 0.325 e. The van der Waals surface area contributed by atoms with Crippen LogP contribution in [0.4, 0.5) is 0 Å². The predicted octanol–water partition coefficient (Wildman–Crippen LogP) is 0.331. The van der Waals surface area contributed by atoms with Crippen LogP contribution in [0.2, 0.25) is 0 Å². The number of carbonyl (C=O) groups excluding carboxylic acids is 3. The Labute approximate surface area is 98.8 Å². The van der Waals surface area contributed by atoms with Crippen molar-refractivity contribution in [1.29, 1.82) is 0 Å². The van der Waals surface area contributed by atoms with Gasteiger partial charge in [0.1, 0.15) is 12.8 Å². The molecule has 1 N–H and O–H groups in total. The highest BCUT2D eigenvalue weighted by atomic mass is 16.5. The number of esters is 1. The molecule has 0 saturated heterocycles. The van der Waals surface area contributed by atoms with Crippen molar-refractivity contribution < 1.29 is 19.1 Å². The van der Waals surface area contributed by atoms with Gasteiger partial charge < -0.3 is 10.1 Å². The number of rotatable bonds is 5. The standard InChI is InChI=1S/C12H13NO4/c1-17-12(16)7-13-11(15)6-9-2-4-10(8-14)5-3-9/h2-5,8H,6-7H2,1H3,(H,13,15). The van der Waals surface area contributed by atoms with Crippen LogP contribution in [0.25, 0.3) is 0 Å². The Kier molecular flexibility index (Phi) is 4.87. The van der Waals surface area contributed by atoms with Crippen molar-refractivity contribution in [3.63, 3.8) is 0 Å². The lowest BCUT2D eigenvalue weighted by atomic mass is 10.1. The molecule has 0 spiro atoms. The molecule has 0 aliphatic rings. The fourth-order valence-corrected chi connectivity index (χ4v) is 1.20. The zero-order valence-corrected chi connectivity index (χ0v) is 9.43. The Balaban J connectivity index is 2.44. The van der Waals surface area contributed by atoms with Crippen molar-refractivity contribution in [3.8, 4) is 0 Å². The van der Waals surface area contributed by atoms with Crippen molar-refractivity contribution in [1.82, 2.24) is 5.32 Å². The van der Waals surface area contributed by atoms with Crippen molar-refractivity contribution in [2.24, 2.45) is 0 Å². The molecule has 0 aliphatic carbocycles. The second kappa shape index (κ2) is 6.42. The van der Waals surface area contributed by atoms with Gasteiger partial charge in [-0.2, -0.15) is 0 Å². The minimum Gasteiger partial charge on any atom is -0.468 e. The average Bonchev–Trinajstić information content (AvgIpc) is 2.36. The molecule has 90 valence electrons. The fraction of sp³-hybridized carbons (Fsp3) is 0.250. The molecule has 17 heavy (non-hydrogen) atoms. The van der Waals surface area contributed by atoms with Gasteiger partial charge in [0.05, 0.1) is 13.5 Å². The summed E-state index contributed by atoms with van der Waals surface area (Å²) in [5.41, 5.74) is 1.33. The van der Waals surface area contributed by atoms with E-state index in [4.69, 9.17) is 0 Å². The number of ether oxygens (including phenoxy) is 1. The van der Waals surface area contributed by atoms with Gasteiger partial charge in [0.2, 0.25) is 5.91 Å². The van der Waals surface area contributed by atoms with Crippen LogP contribution < -0.4 is 5.32 Å². The minimum absolute atomic E-state index is 0.137. The lowest BCUT2D eigenvalue weighted by molar-refractivity contribution is -0.141. The molecule has 5 nitrogen and oxygen atoms in total. The molecule has 0 saturated carbocycles. The molecule has 0 unspecified atom stereocenters. The Hall–Kier alpha value is -2.17. The van der Waals surface area contributed by atoms with Crippen LogP contribution in [-0.2, 0) is 20.7 Å². The molecule has 5 heteroatoms. The summed E-state index contributed by atoms with van der Waals surface area (Å²) < 4.78 is 4.39. The first-order chi connectivity index (χ1) is 8.15. The van der Waals surface area contributed by atoms with Gasteiger partial charge in [-0.25, -0.2) is 0 Å². The van der Waals surface area contributed by atoms with Crippen molar-refractivity contribution in [2.45, 2.75) is 6.42 Å². The first-order valence-electron chi connectivity index (χ1n) is 5.03. The maximum absolute atomic E-state index is 11.4. The number of amides is 1. The summed E-state index contributed by atoms with van der Waals surface area (Å²) in [6.45, 7) is -0.137. The molecule has 1 aromatic carbocycles. The normalized spacial score (nSPS) is 9.47.